The van der Waals surface area contributed by atoms with Crippen molar-refractivity contribution >= 4 is 11.9 Å². The van der Waals surface area contributed by atoms with Crippen molar-refractivity contribution < 1.29 is 14.7 Å². The van der Waals surface area contributed by atoms with Crippen LogP contribution in [0.1, 0.15) is 40.0 Å². The van der Waals surface area contributed by atoms with Gasteiger partial charge in [-0.05, 0) is 19.8 Å². The van der Waals surface area contributed by atoms with Gasteiger partial charge >= 0.3 is 5.97 Å². The largest absolute Gasteiger partial charge is 0.481 e. The summed E-state index contributed by atoms with van der Waals surface area (Å²) >= 11 is 0. The third-order valence-corrected chi connectivity index (χ3v) is 2.15. The van der Waals surface area contributed by atoms with Crippen LogP contribution in [0.3, 0.4) is 0 Å². The van der Waals surface area contributed by atoms with Gasteiger partial charge in [0, 0.05) is 13.0 Å². The van der Waals surface area contributed by atoms with Gasteiger partial charge in [-0.3, -0.25) is 9.59 Å². The van der Waals surface area contributed by atoms with E-state index >= 15 is 0 Å². The molecule has 4 heteroatoms. The van der Waals surface area contributed by atoms with E-state index in [-0.39, 0.29) is 17.9 Å². The minimum Gasteiger partial charge on any atom is -0.481 e. The molecule has 0 rings (SSSR count). The van der Waals surface area contributed by atoms with Gasteiger partial charge < -0.3 is 10.4 Å². The van der Waals surface area contributed by atoms with E-state index in [0.29, 0.717) is 6.42 Å². The molecule has 2 N–H and O–H groups in total. The lowest BCUT2D eigenvalue weighted by Crippen LogP contribution is -2.30. The van der Waals surface area contributed by atoms with E-state index in [1.54, 1.807) is 6.92 Å². The lowest BCUT2D eigenvalue weighted by molar-refractivity contribution is -0.141. The van der Waals surface area contributed by atoms with Crippen LogP contribution in [-0.2, 0) is 9.59 Å². The standard InChI is InChI=1S/C10H19NO3/c1-7(10(13)14)5-4-6-8(2)11-9(3)12/h7-8H,4-6H2,1-3H3,(H,11,12)(H,13,14). The van der Waals surface area contributed by atoms with E-state index in [1.807, 2.05) is 6.92 Å². The molecule has 0 heterocycles. The van der Waals surface area contributed by atoms with Crippen molar-refractivity contribution in [3.8, 4) is 0 Å². The molecule has 0 fully saturated rings. The minimum atomic E-state index is -0.753. The summed E-state index contributed by atoms with van der Waals surface area (Å²) in [5, 5.41) is 11.4. The van der Waals surface area contributed by atoms with E-state index in [9.17, 15) is 9.59 Å². The molecule has 0 bridgehead atoms. The van der Waals surface area contributed by atoms with Crippen LogP contribution < -0.4 is 5.32 Å². The first kappa shape index (κ1) is 12.9. The van der Waals surface area contributed by atoms with Crippen molar-refractivity contribution in [1.29, 1.82) is 0 Å². The summed E-state index contributed by atoms with van der Waals surface area (Å²) in [4.78, 5) is 21.1. The second-order valence-electron chi connectivity index (χ2n) is 3.77. The van der Waals surface area contributed by atoms with Crippen molar-refractivity contribution in [1.82, 2.24) is 5.32 Å². The van der Waals surface area contributed by atoms with Crippen molar-refractivity contribution in [2.45, 2.75) is 46.1 Å². The molecule has 0 saturated heterocycles. The molecule has 0 saturated carbocycles. The zero-order chi connectivity index (χ0) is 11.1. The number of hydrogen-bond acceptors (Lipinski definition) is 2. The van der Waals surface area contributed by atoms with Gasteiger partial charge in [0.05, 0.1) is 5.92 Å². The summed E-state index contributed by atoms with van der Waals surface area (Å²) in [5.41, 5.74) is 0. The zero-order valence-corrected chi connectivity index (χ0v) is 9.04. The van der Waals surface area contributed by atoms with E-state index in [1.165, 1.54) is 6.92 Å². The highest BCUT2D eigenvalue weighted by Gasteiger charge is 2.11. The minimum absolute atomic E-state index is 0.0382. The number of rotatable bonds is 6. The van der Waals surface area contributed by atoms with Gasteiger partial charge in [0.25, 0.3) is 0 Å². The molecule has 0 spiro atoms. The average Bonchev–Trinajstić information content (AvgIpc) is 2.02. The summed E-state index contributed by atoms with van der Waals surface area (Å²) in [6.45, 7) is 5.11. The fourth-order valence-corrected chi connectivity index (χ4v) is 1.27. The Morgan fingerprint density at radius 1 is 1.29 bits per heavy atom. The molecule has 0 aliphatic rings. The zero-order valence-electron chi connectivity index (χ0n) is 9.04. The maximum Gasteiger partial charge on any atom is 0.306 e. The first-order chi connectivity index (χ1) is 6.43. The summed E-state index contributed by atoms with van der Waals surface area (Å²) in [5.74, 6) is -1.08. The van der Waals surface area contributed by atoms with Crippen molar-refractivity contribution in [2.75, 3.05) is 0 Å². The Labute approximate surface area is 84.7 Å². The van der Waals surface area contributed by atoms with Crippen LogP contribution in [0, 0.1) is 5.92 Å². The third-order valence-electron chi connectivity index (χ3n) is 2.15. The SMILES string of the molecule is CC(=O)NC(C)CCCC(C)C(=O)O. The second-order valence-corrected chi connectivity index (χ2v) is 3.77. The van der Waals surface area contributed by atoms with Gasteiger partial charge in [-0.1, -0.05) is 13.3 Å². The topological polar surface area (TPSA) is 66.4 Å². The molecule has 0 aromatic heterocycles. The Bertz CT molecular complexity index is 204. The molecule has 4 nitrogen and oxygen atoms in total. The van der Waals surface area contributed by atoms with Gasteiger partial charge in [0.2, 0.25) is 5.91 Å². The van der Waals surface area contributed by atoms with Crippen LogP contribution in [0.15, 0.2) is 0 Å². The Morgan fingerprint density at radius 2 is 1.86 bits per heavy atom. The number of nitrogens with one attached hydrogen (secondary N) is 1. The van der Waals surface area contributed by atoms with Crippen LogP contribution in [0.25, 0.3) is 0 Å². The molecule has 0 aliphatic heterocycles. The number of carboxylic acid groups (broad SMARTS) is 1. The second kappa shape index (κ2) is 6.40. The molecule has 0 radical (unpaired) electrons. The highest BCUT2D eigenvalue weighted by atomic mass is 16.4. The highest BCUT2D eigenvalue weighted by Crippen LogP contribution is 2.09. The molecule has 82 valence electrons. The van der Waals surface area contributed by atoms with Crippen LogP contribution in [0.2, 0.25) is 0 Å². The van der Waals surface area contributed by atoms with E-state index in [4.69, 9.17) is 5.11 Å². The fourth-order valence-electron chi connectivity index (χ4n) is 1.27. The van der Waals surface area contributed by atoms with Gasteiger partial charge in [-0.2, -0.15) is 0 Å². The number of carbonyl (C=O) groups is 2. The first-order valence-corrected chi connectivity index (χ1v) is 4.93. The Balaban J connectivity index is 3.53. The molecule has 0 aliphatic carbocycles. The average molecular weight is 201 g/mol. The number of amides is 1. The van der Waals surface area contributed by atoms with E-state index < -0.39 is 5.97 Å². The van der Waals surface area contributed by atoms with Crippen molar-refractivity contribution in [3.63, 3.8) is 0 Å². The number of hydrogen-bond donors (Lipinski definition) is 2. The number of carbonyl (C=O) groups excluding carboxylic acids is 1. The van der Waals surface area contributed by atoms with Crippen LogP contribution in [0.5, 0.6) is 0 Å². The molecule has 0 aromatic carbocycles. The maximum absolute atomic E-state index is 10.7. The first-order valence-electron chi connectivity index (χ1n) is 4.93. The Hall–Kier alpha value is -1.06. The highest BCUT2D eigenvalue weighted by molar-refractivity contribution is 5.73. The third kappa shape index (κ3) is 6.46. The summed E-state index contributed by atoms with van der Waals surface area (Å²) in [7, 11) is 0. The molecule has 14 heavy (non-hydrogen) atoms. The molecule has 2 unspecified atom stereocenters. The van der Waals surface area contributed by atoms with Crippen LogP contribution in [0.4, 0.5) is 0 Å². The van der Waals surface area contributed by atoms with Gasteiger partial charge in [-0.25, -0.2) is 0 Å². The fraction of sp³-hybridized carbons (Fsp3) is 0.800. The van der Waals surface area contributed by atoms with Gasteiger partial charge in [-0.15, -0.1) is 0 Å². The normalized spacial score (nSPS) is 14.5. The monoisotopic (exact) mass is 201 g/mol. The molecular weight excluding hydrogens is 182 g/mol. The lowest BCUT2D eigenvalue weighted by atomic mass is 10.0. The van der Waals surface area contributed by atoms with Crippen LogP contribution >= 0.6 is 0 Å². The van der Waals surface area contributed by atoms with E-state index in [2.05, 4.69) is 5.32 Å². The lowest BCUT2D eigenvalue weighted by Gasteiger charge is -2.12. The summed E-state index contributed by atoms with van der Waals surface area (Å²) in [6.07, 6.45) is 2.32. The Morgan fingerprint density at radius 3 is 2.29 bits per heavy atom. The number of carboxylic acids is 1. The van der Waals surface area contributed by atoms with Crippen molar-refractivity contribution in [3.05, 3.63) is 0 Å². The van der Waals surface area contributed by atoms with Gasteiger partial charge in [0.15, 0.2) is 0 Å². The smallest absolute Gasteiger partial charge is 0.306 e. The van der Waals surface area contributed by atoms with Crippen molar-refractivity contribution in [2.24, 2.45) is 5.92 Å². The molecule has 2 atom stereocenters. The maximum atomic E-state index is 10.7. The van der Waals surface area contributed by atoms with Gasteiger partial charge in [0.1, 0.15) is 0 Å². The van der Waals surface area contributed by atoms with E-state index in [0.717, 1.165) is 12.8 Å². The molecule has 1 amide bonds. The summed E-state index contributed by atoms with van der Waals surface area (Å²) < 4.78 is 0. The Kier molecular flexibility index (Phi) is 5.92. The summed E-state index contributed by atoms with van der Waals surface area (Å²) in [6, 6.07) is 0.133. The quantitative estimate of drug-likeness (QED) is 0.682. The number of aliphatic carboxylic acids is 1. The predicted molar refractivity (Wildman–Crippen MR) is 53.9 cm³/mol. The molecular formula is C10H19NO3. The molecule has 0 aromatic rings. The van der Waals surface area contributed by atoms with Crippen LogP contribution in [-0.4, -0.2) is 23.0 Å². The predicted octanol–water partition coefficient (Wildman–Crippen LogP) is 1.40.